The molecule has 0 bridgehead atoms. The molecule has 2 amide bonds. The lowest BCUT2D eigenvalue weighted by Gasteiger charge is -2.23. The van der Waals surface area contributed by atoms with Gasteiger partial charge in [-0.2, -0.15) is 0 Å². The lowest BCUT2D eigenvalue weighted by molar-refractivity contribution is -0.137. The van der Waals surface area contributed by atoms with Crippen molar-refractivity contribution in [3.05, 3.63) is 0 Å². The van der Waals surface area contributed by atoms with Gasteiger partial charge in [0.25, 0.3) is 0 Å². The topological polar surface area (TPSA) is 72.9 Å². The van der Waals surface area contributed by atoms with Crippen molar-refractivity contribution in [3.63, 3.8) is 0 Å². The number of carboxylic acid groups (broad SMARTS) is 1. The normalized spacial score (nSPS) is 14.5. The quantitative estimate of drug-likeness (QED) is 0.651. The van der Waals surface area contributed by atoms with Gasteiger partial charge in [-0.05, 0) is 31.8 Å². The van der Waals surface area contributed by atoms with E-state index in [4.69, 9.17) is 5.11 Å². The minimum absolute atomic E-state index is 0.215. The van der Waals surface area contributed by atoms with E-state index < -0.39 is 5.97 Å². The molecular weight excluding hydrogens is 246 g/mol. The van der Waals surface area contributed by atoms with Crippen LogP contribution in [0.3, 0.4) is 0 Å². The van der Waals surface area contributed by atoms with Gasteiger partial charge in [0.2, 0.25) is 0 Å². The highest BCUT2D eigenvalue weighted by atomic mass is 16.4. The molecule has 6 heteroatoms. The molecule has 1 aliphatic rings. The summed E-state index contributed by atoms with van der Waals surface area (Å²) in [5, 5.41) is 11.6. The second-order valence-corrected chi connectivity index (χ2v) is 4.98. The van der Waals surface area contributed by atoms with Crippen molar-refractivity contribution in [2.45, 2.75) is 26.7 Å². The number of amides is 2. The van der Waals surface area contributed by atoms with Crippen molar-refractivity contribution < 1.29 is 14.7 Å². The lowest BCUT2D eigenvalue weighted by atomic mass is 10.3. The Morgan fingerprint density at radius 1 is 1.26 bits per heavy atom. The highest BCUT2D eigenvalue weighted by Crippen LogP contribution is 2.29. The number of aliphatic carboxylic acids is 1. The van der Waals surface area contributed by atoms with Crippen molar-refractivity contribution in [3.8, 4) is 0 Å². The smallest absolute Gasteiger partial charge is 0.323 e. The van der Waals surface area contributed by atoms with Crippen LogP contribution in [-0.4, -0.2) is 66.2 Å². The van der Waals surface area contributed by atoms with Crippen LogP contribution in [0.2, 0.25) is 0 Å². The van der Waals surface area contributed by atoms with Crippen LogP contribution >= 0.6 is 0 Å². The number of likely N-dealkylation sites (N-methyl/N-ethyl adjacent to an activating group) is 1. The molecule has 0 spiro atoms. The number of nitrogens with zero attached hydrogens (tertiary/aromatic N) is 2. The molecule has 0 aliphatic heterocycles. The van der Waals surface area contributed by atoms with E-state index in [-0.39, 0.29) is 12.6 Å². The van der Waals surface area contributed by atoms with E-state index in [1.165, 1.54) is 4.90 Å². The zero-order valence-electron chi connectivity index (χ0n) is 11.9. The predicted octanol–water partition coefficient (Wildman–Crippen LogP) is 0.834. The van der Waals surface area contributed by atoms with E-state index in [1.807, 2.05) is 0 Å². The largest absolute Gasteiger partial charge is 0.480 e. The van der Waals surface area contributed by atoms with Gasteiger partial charge in [0, 0.05) is 19.6 Å². The summed E-state index contributed by atoms with van der Waals surface area (Å²) in [6.07, 6.45) is 2.20. The summed E-state index contributed by atoms with van der Waals surface area (Å²) in [7, 11) is 0. The third-order valence-corrected chi connectivity index (χ3v) is 3.39. The van der Waals surface area contributed by atoms with Crippen LogP contribution < -0.4 is 5.32 Å². The molecule has 2 N–H and O–H groups in total. The maximum Gasteiger partial charge on any atom is 0.323 e. The molecule has 0 saturated heterocycles. The van der Waals surface area contributed by atoms with E-state index in [0.29, 0.717) is 19.0 Å². The third-order valence-electron chi connectivity index (χ3n) is 3.39. The van der Waals surface area contributed by atoms with Gasteiger partial charge in [-0.25, -0.2) is 4.79 Å². The second kappa shape index (κ2) is 7.99. The number of rotatable bonds is 9. The maximum atomic E-state index is 11.9. The molecule has 1 saturated carbocycles. The fraction of sp³-hybridized carbons (Fsp3) is 0.846. The lowest BCUT2D eigenvalue weighted by Crippen LogP contribution is -2.45. The highest BCUT2D eigenvalue weighted by molar-refractivity contribution is 5.80. The molecule has 0 radical (unpaired) electrons. The minimum atomic E-state index is -0.959. The summed E-state index contributed by atoms with van der Waals surface area (Å²) in [4.78, 5) is 26.3. The second-order valence-electron chi connectivity index (χ2n) is 4.98. The Morgan fingerprint density at radius 2 is 1.89 bits per heavy atom. The van der Waals surface area contributed by atoms with Crippen LogP contribution in [-0.2, 0) is 4.79 Å². The van der Waals surface area contributed by atoms with E-state index in [2.05, 4.69) is 24.1 Å². The third kappa shape index (κ3) is 6.42. The molecule has 0 atom stereocenters. The standard InChI is InChI=1S/C13H25N3O3/c1-3-15(4-2)8-7-14-13(19)16(10-12(17)18)9-11-5-6-11/h11H,3-10H2,1-2H3,(H,14,19)(H,17,18). The Bertz CT molecular complexity index is 302. The van der Waals surface area contributed by atoms with Crippen LogP contribution in [0.4, 0.5) is 4.79 Å². The molecule has 19 heavy (non-hydrogen) atoms. The molecular formula is C13H25N3O3. The van der Waals surface area contributed by atoms with Gasteiger partial charge in [0.15, 0.2) is 0 Å². The maximum absolute atomic E-state index is 11.9. The zero-order valence-corrected chi connectivity index (χ0v) is 11.9. The van der Waals surface area contributed by atoms with Gasteiger partial charge in [0.1, 0.15) is 6.54 Å². The van der Waals surface area contributed by atoms with E-state index in [1.54, 1.807) is 0 Å². The molecule has 0 aromatic rings. The first kappa shape index (κ1) is 15.8. The summed E-state index contributed by atoms with van der Waals surface area (Å²) in [6, 6.07) is -0.263. The van der Waals surface area contributed by atoms with Crippen molar-refractivity contribution in [1.82, 2.24) is 15.1 Å². The van der Waals surface area contributed by atoms with Gasteiger partial charge in [-0.15, -0.1) is 0 Å². The predicted molar refractivity (Wildman–Crippen MR) is 73.1 cm³/mol. The zero-order chi connectivity index (χ0) is 14.3. The van der Waals surface area contributed by atoms with E-state index in [9.17, 15) is 9.59 Å². The van der Waals surface area contributed by atoms with E-state index >= 15 is 0 Å². The Balaban J connectivity index is 2.31. The number of hydrogen-bond donors (Lipinski definition) is 2. The average Bonchev–Trinajstić information content (AvgIpc) is 3.17. The molecule has 110 valence electrons. The number of carbonyl (C=O) groups is 2. The van der Waals surface area contributed by atoms with Crippen molar-refractivity contribution >= 4 is 12.0 Å². The van der Waals surface area contributed by atoms with Crippen LogP contribution in [0.25, 0.3) is 0 Å². The molecule has 0 unspecified atom stereocenters. The van der Waals surface area contributed by atoms with Gasteiger partial charge < -0.3 is 20.2 Å². The van der Waals surface area contributed by atoms with Crippen molar-refractivity contribution in [1.29, 1.82) is 0 Å². The summed E-state index contributed by atoms with van der Waals surface area (Å²) in [5.41, 5.74) is 0. The first-order chi connectivity index (χ1) is 9.06. The molecule has 1 fully saturated rings. The van der Waals surface area contributed by atoms with Crippen LogP contribution in [0, 0.1) is 5.92 Å². The van der Waals surface area contributed by atoms with Gasteiger partial charge in [0.05, 0.1) is 0 Å². The Hall–Kier alpha value is -1.30. The first-order valence-electron chi connectivity index (χ1n) is 7.03. The summed E-state index contributed by atoms with van der Waals surface area (Å²) in [6.45, 7) is 7.76. The molecule has 0 aromatic heterocycles. The first-order valence-corrected chi connectivity index (χ1v) is 7.03. The molecule has 0 aromatic carbocycles. The van der Waals surface area contributed by atoms with Gasteiger partial charge in [-0.3, -0.25) is 4.79 Å². The van der Waals surface area contributed by atoms with Crippen molar-refractivity contribution in [2.75, 3.05) is 39.3 Å². The summed E-state index contributed by atoms with van der Waals surface area (Å²) in [5.74, 6) is -0.465. The average molecular weight is 271 g/mol. The number of nitrogens with one attached hydrogen (secondary N) is 1. The van der Waals surface area contributed by atoms with Crippen LogP contribution in [0.15, 0.2) is 0 Å². The van der Waals surface area contributed by atoms with Crippen LogP contribution in [0.1, 0.15) is 26.7 Å². The number of carboxylic acids is 1. The van der Waals surface area contributed by atoms with Gasteiger partial charge in [-0.1, -0.05) is 13.8 Å². The Morgan fingerprint density at radius 3 is 2.37 bits per heavy atom. The summed E-state index contributed by atoms with van der Waals surface area (Å²) < 4.78 is 0. The fourth-order valence-electron chi connectivity index (χ4n) is 1.97. The van der Waals surface area contributed by atoms with Gasteiger partial charge >= 0.3 is 12.0 Å². The Kier molecular flexibility index (Phi) is 6.62. The molecule has 0 heterocycles. The number of urea groups is 1. The monoisotopic (exact) mass is 271 g/mol. The SMILES string of the molecule is CCN(CC)CCNC(=O)N(CC(=O)O)CC1CC1. The molecule has 1 aliphatic carbocycles. The van der Waals surface area contributed by atoms with Crippen molar-refractivity contribution in [2.24, 2.45) is 5.92 Å². The summed E-state index contributed by atoms with van der Waals surface area (Å²) >= 11 is 0. The minimum Gasteiger partial charge on any atom is -0.480 e. The highest BCUT2D eigenvalue weighted by Gasteiger charge is 2.27. The fourth-order valence-corrected chi connectivity index (χ4v) is 1.97. The van der Waals surface area contributed by atoms with E-state index in [0.717, 1.165) is 32.5 Å². The Labute approximate surface area is 114 Å². The molecule has 6 nitrogen and oxygen atoms in total. The number of carbonyl (C=O) groups excluding carboxylic acids is 1. The van der Waals surface area contributed by atoms with Crippen LogP contribution in [0.5, 0.6) is 0 Å². The molecule has 1 rings (SSSR count). The number of hydrogen-bond acceptors (Lipinski definition) is 3.